The number of carbonyl (C=O) groups excluding carboxylic acids is 1. The molecule has 37 heavy (non-hydrogen) atoms. The molecule has 0 spiro atoms. The van der Waals surface area contributed by atoms with E-state index in [4.69, 9.17) is 33.1 Å². The number of aliphatic carboxylic acids is 1. The minimum Gasteiger partial charge on any atom is -0.550 e. The molecule has 0 saturated carbocycles. The fourth-order valence-corrected chi connectivity index (χ4v) is 4.66. The molecule has 1 N–H and O–H groups in total. The molecule has 0 radical (unpaired) electrons. The maximum atomic E-state index is 12.3. The Morgan fingerprint density at radius 2 is 1.62 bits per heavy atom. The Morgan fingerprint density at radius 1 is 1.00 bits per heavy atom. The number of nitrogens with one attached hydrogen (secondary N) is 1. The van der Waals surface area contributed by atoms with Gasteiger partial charge in [-0.3, -0.25) is 0 Å². The SMILES string of the molecule is CC(=O)[O-].CN(C)S(=O)(=O)c1cc(Cl)c(N=Nc2ccc(CCNCC[n+]3ccccc3)cc2)cc1Cl. The van der Waals surface area contributed by atoms with Gasteiger partial charge >= 0.3 is 0 Å². The molecule has 2 aromatic carbocycles. The van der Waals surface area contributed by atoms with E-state index in [1.54, 1.807) is 0 Å². The van der Waals surface area contributed by atoms with Crippen LogP contribution in [0.3, 0.4) is 0 Å². The number of nitrogens with zero attached hydrogens (tertiary/aromatic N) is 4. The van der Waals surface area contributed by atoms with Gasteiger partial charge in [0.2, 0.25) is 10.0 Å². The van der Waals surface area contributed by atoms with Crippen LogP contribution in [0.5, 0.6) is 0 Å². The van der Waals surface area contributed by atoms with Gasteiger partial charge in [-0.2, -0.15) is 5.11 Å². The van der Waals surface area contributed by atoms with Gasteiger partial charge in [0, 0.05) is 32.2 Å². The highest BCUT2D eigenvalue weighted by atomic mass is 35.5. The molecule has 0 unspecified atom stereocenters. The summed E-state index contributed by atoms with van der Waals surface area (Å²) >= 11 is 12.4. The Labute approximate surface area is 227 Å². The Bertz CT molecular complexity index is 1300. The number of sulfonamides is 1. The number of carbonyl (C=O) groups is 1. The number of benzene rings is 2. The van der Waals surface area contributed by atoms with Gasteiger partial charge in [-0.25, -0.2) is 17.3 Å². The zero-order valence-corrected chi connectivity index (χ0v) is 23.1. The first-order chi connectivity index (χ1) is 17.5. The normalized spacial score (nSPS) is 11.4. The van der Waals surface area contributed by atoms with Gasteiger partial charge in [-0.05, 0) is 49.7 Å². The van der Waals surface area contributed by atoms with Gasteiger partial charge in [-0.1, -0.05) is 41.4 Å². The van der Waals surface area contributed by atoms with Crippen LogP contribution in [0.1, 0.15) is 12.5 Å². The summed E-state index contributed by atoms with van der Waals surface area (Å²) in [5.74, 6) is -1.08. The average molecular weight is 567 g/mol. The van der Waals surface area contributed by atoms with Crippen LogP contribution in [0.25, 0.3) is 0 Å². The summed E-state index contributed by atoms with van der Waals surface area (Å²) in [5.41, 5.74) is 2.14. The van der Waals surface area contributed by atoms with E-state index in [9.17, 15) is 8.42 Å². The molecule has 9 nitrogen and oxygen atoms in total. The van der Waals surface area contributed by atoms with E-state index in [-0.39, 0.29) is 14.9 Å². The van der Waals surface area contributed by atoms with Crippen molar-refractivity contribution < 1.29 is 22.9 Å². The summed E-state index contributed by atoms with van der Waals surface area (Å²) in [5, 5.41) is 20.8. The van der Waals surface area contributed by atoms with E-state index in [1.165, 1.54) is 31.8 Å². The zero-order chi connectivity index (χ0) is 27.4. The molecule has 3 rings (SSSR count). The molecule has 0 fully saturated rings. The molecule has 0 amide bonds. The molecule has 0 saturated heterocycles. The highest BCUT2D eigenvalue weighted by Gasteiger charge is 2.22. The molecule has 12 heteroatoms. The molecule has 0 bridgehead atoms. The number of pyridine rings is 1. The van der Waals surface area contributed by atoms with Gasteiger partial charge in [0.25, 0.3) is 0 Å². The van der Waals surface area contributed by atoms with E-state index in [1.807, 2.05) is 42.5 Å². The topological polar surface area (TPSA) is 118 Å². The monoisotopic (exact) mass is 565 g/mol. The van der Waals surface area contributed by atoms with E-state index in [2.05, 4.69) is 32.5 Å². The first kappa shape index (κ1) is 30.3. The number of aromatic nitrogens is 1. The van der Waals surface area contributed by atoms with Gasteiger partial charge in [0.1, 0.15) is 10.6 Å². The molecule has 0 aliphatic rings. The molecule has 0 aliphatic heterocycles. The Hall–Kier alpha value is -2.89. The number of carboxylic acids is 1. The molecular weight excluding hydrogens is 537 g/mol. The Balaban J connectivity index is 0.00000112. The van der Waals surface area contributed by atoms with Crippen molar-refractivity contribution >= 4 is 50.6 Å². The molecule has 1 heterocycles. The van der Waals surface area contributed by atoms with E-state index in [0.29, 0.717) is 11.4 Å². The second kappa shape index (κ2) is 14.7. The maximum Gasteiger partial charge on any atom is 0.244 e. The van der Waals surface area contributed by atoms with Crippen LogP contribution in [-0.2, 0) is 27.8 Å². The number of hydrogen-bond donors (Lipinski definition) is 1. The van der Waals surface area contributed by atoms with Gasteiger partial charge in [-0.15, -0.1) is 5.11 Å². The first-order valence-electron chi connectivity index (χ1n) is 11.3. The third kappa shape index (κ3) is 10.2. The fraction of sp³-hybridized carbons (Fsp3) is 0.280. The Kier molecular flexibility index (Phi) is 12.1. The largest absolute Gasteiger partial charge is 0.550 e. The van der Waals surface area contributed by atoms with Crippen LogP contribution < -0.4 is 15.0 Å². The van der Waals surface area contributed by atoms with Gasteiger partial charge < -0.3 is 15.2 Å². The lowest BCUT2D eigenvalue weighted by Crippen LogP contribution is -2.38. The van der Waals surface area contributed by atoms with Crippen molar-refractivity contribution in [2.24, 2.45) is 10.2 Å². The molecule has 3 aromatic rings. The van der Waals surface area contributed by atoms with Crippen LogP contribution in [-0.4, -0.2) is 45.9 Å². The molecule has 1 aromatic heterocycles. The average Bonchev–Trinajstić information content (AvgIpc) is 2.85. The van der Waals surface area contributed by atoms with Gasteiger partial charge in [0.05, 0.1) is 22.3 Å². The van der Waals surface area contributed by atoms with Crippen molar-refractivity contribution in [1.29, 1.82) is 0 Å². The summed E-state index contributed by atoms with van der Waals surface area (Å²) in [4.78, 5) is 8.82. The highest BCUT2D eigenvalue weighted by molar-refractivity contribution is 7.89. The van der Waals surface area contributed by atoms with Crippen LogP contribution >= 0.6 is 23.2 Å². The van der Waals surface area contributed by atoms with Crippen molar-refractivity contribution in [3.8, 4) is 0 Å². The minimum atomic E-state index is -3.71. The van der Waals surface area contributed by atoms with Crippen molar-refractivity contribution in [3.05, 3.63) is 82.6 Å². The smallest absolute Gasteiger partial charge is 0.244 e. The van der Waals surface area contributed by atoms with Crippen LogP contribution in [0.2, 0.25) is 10.0 Å². The number of rotatable bonds is 10. The summed E-state index contributed by atoms with van der Waals surface area (Å²) in [7, 11) is -0.852. The van der Waals surface area contributed by atoms with Crippen LogP contribution in [0, 0.1) is 0 Å². The van der Waals surface area contributed by atoms with Gasteiger partial charge in [0.15, 0.2) is 18.9 Å². The number of halogens is 2. The molecule has 0 aliphatic carbocycles. The lowest BCUT2D eigenvalue weighted by atomic mass is 10.1. The van der Waals surface area contributed by atoms with E-state index >= 15 is 0 Å². The van der Waals surface area contributed by atoms with Crippen molar-refractivity contribution in [1.82, 2.24) is 9.62 Å². The third-order valence-corrected chi connectivity index (χ3v) is 7.47. The second-order valence-electron chi connectivity index (χ2n) is 7.99. The molecule has 198 valence electrons. The zero-order valence-electron chi connectivity index (χ0n) is 20.8. The third-order valence-electron chi connectivity index (χ3n) is 4.88. The molecule has 0 atom stereocenters. The second-order valence-corrected chi connectivity index (χ2v) is 10.9. The number of carboxylic acid groups (broad SMARTS) is 1. The number of azo groups is 1. The predicted molar refractivity (Wildman–Crippen MR) is 142 cm³/mol. The van der Waals surface area contributed by atoms with Crippen LogP contribution in [0.4, 0.5) is 11.4 Å². The Morgan fingerprint density at radius 3 is 2.22 bits per heavy atom. The van der Waals surface area contributed by atoms with Crippen molar-refractivity contribution in [3.63, 3.8) is 0 Å². The lowest BCUT2D eigenvalue weighted by Gasteiger charge is -2.13. The van der Waals surface area contributed by atoms with Crippen molar-refractivity contribution in [2.75, 3.05) is 27.2 Å². The highest BCUT2D eigenvalue weighted by Crippen LogP contribution is 2.35. The minimum absolute atomic E-state index is 0.0376. The number of hydrogen-bond acceptors (Lipinski definition) is 7. The summed E-state index contributed by atoms with van der Waals surface area (Å²) < 4.78 is 27.9. The fourth-order valence-electron chi connectivity index (χ4n) is 2.98. The van der Waals surface area contributed by atoms with E-state index in [0.717, 1.165) is 37.3 Å². The van der Waals surface area contributed by atoms with E-state index < -0.39 is 16.0 Å². The predicted octanol–water partition coefficient (Wildman–Crippen LogP) is 3.54. The van der Waals surface area contributed by atoms with Crippen LogP contribution in [0.15, 0.2) is 82.1 Å². The summed E-state index contributed by atoms with van der Waals surface area (Å²) in [6.45, 7) is 3.68. The lowest BCUT2D eigenvalue weighted by molar-refractivity contribution is -0.695. The summed E-state index contributed by atoms with van der Waals surface area (Å²) in [6.07, 6.45) is 5.01. The van der Waals surface area contributed by atoms with Crippen molar-refractivity contribution in [2.45, 2.75) is 24.8 Å². The summed E-state index contributed by atoms with van der Waals surface area (Å²) in [6, 6.07) is 16.5. The maximum absolute atomic E-state index is 12.3. The standard InChI is InChI=1S/C23H26Cl2N5O2S.C2H4O2/c1-29(2)33(31,32)23-17-20(24)22(16-21(23)25)28-27-19-8-6-18(7-9-19)10-11-26-12-15-30-13-4-3-5-14-30;1-2(3)4/h3-9,13-14,16-17,26H,10-12,15H2,1-2H3;1H3,(H,3,4)/q+1;/p-1. The first-order valence-corrected chi connectivity index (χ1v) is 13.4. The molecular formula is C25H29Cl2N5O4S. The quantitative estimate of drug-likeness (QED) is 0.229.